The number of hydrogen-bond donors (Lipinski definition) is 4. The van der Waals surface area contributed by atoms with Crippen molar-refractivity contribution in [1.29, 1.82) is 0 Å². The third-order valence-corrected chi connectivity index (χ3v) is 9.10. The molecule has 0 bridgehead atoms. The van der Waals surface area contributed by atoms with Crippen LogP contribution in [0.3, 0.4) is 0 Å². The molecule has 0 spiro atoms. The van der Waals surface area contributed by atoms with E-state index in [1.54, 1.807) is 0 Å². The van der Waals surface area contributed by atoms with E-state index in [-0.39, 0.29) is 12.8 Å². The first-order chi connectivity index (χ1) is 24.6. The van der Waals surface area contributed by atoms with Gasteiger partial charge in [0.1, 0.15) is 12.7 Å². The lowest BCUT2D eigenvalue weighted by Crippen LogP contribution is -2.43. The van der Waals surface area contributed by atoms with E-state index in [1.165, 1.54) is 38.5 Å². The van der Waals surface area contributed by atoms with Gasteiger partial charge in [0.25, 0.3) is 0 Å². The van der Waals surface area contributed by atoms with Crippen molar-refractivity contribution in [3.05, 3.63) is 36.5 Å². The third kappa shape index (κ3) is 34.5. The van der Waals surface area contributed by atoms with Crippen LogP contribution in [0.4, 0.5) is 0 Å². The number of phosphoric acid groups is 1. The number of allylic oxidation sites excluding steroid dienone is 6. The molecule has 3 atom stereocenters. The summed E-state index contributed by atoms with van der Waals surface area (Å²) >= 11 is 0. The number of carbonyl (C=O) groups excluding carboxylic acids is 2. The van der Waals surface area contributed by atoms with Crippen molar-refractivity contribution in [2.45, 2.75) is 174 Å². The van der Waals surface area contributed by atoms with E-state index in [0.29, 0.717) is 12.8 Å². The molecule has 1 amide bonds. The predicted molar refractivity (Wildman–Crippen MR) is 203 cm³/mol. The van der Waals surface area contributed by atoms with Gasteiger partial charge < -0.3 is 25.2 Å². The summed E-state index contributed by atoms with van der Waals surface area (Å²) in [5.41, 5.74) is 0. The molecule has 51 heavy (non-hydrogen) atoms. The highest BCUT2D eigenvalue weighted by atomic mass is 31.2. The lowest BCUT2D eigenvalue weighted by Gasteiger charge is -2.18. The fourth-order valence-electron chi connectivity index (χ4n) is 5.03. The SMILES string of the molecule is CCCC/C=C\CCCCCCCC(=O)OCC(O)COP(=O)(O)OCC(NC(=O)CCCCCCC/C=C\C/C=C\CCCCCC)C(=O)O. The summed E-state index contributed by atoms with van der Waals surface area (Å²) < 4.78 is 26.7. The van der Waals surface area contributed by atoms with Gasteiger partial charge >= 0.3 is 19.8 Å². The van der Waals surface area contributed by atoms with E-state index < -0.39 is 57.6 Å². The topological polar surface area (TPSA) is 169 Å². The molecule has 0 rings (SSSR count). The number of rotatable bonds is 36. The second kappa shape index (κ2) is 34.8. The van der Waals surface area contributed by atoms with Crippen LogP contribution in [-0.4, -0.2) is 64.9 Å². The molecular weight excluding hydrogens is 673 g/mol. The number of aliphatic hydroxyl groups is 1. The van der Waals surface area contributed by atoms with E-state index in [1.807, 2.05) is 0 Å². The zero-order valence-electron chi connectivity index (χ0n) is 31.7. The van der Waals surface area contributed by atoms with Gasteiger partial charge in [-0.05, 0) is 64.2 Å². The number of carboxylic acid groups (broad SMARTS) is 1. The van der Waals surface area contributed by atoms with Crippen molar-refractivity contribution in [3.8, 4) is 0 Å². The Morgan fingerprint density at radius 2 is 1.10 bits per heavy atom. The Hall–Kier alpha value is -2.30. The number of unbranched alkanes of at least 4 members (excludes halogenated alkanes) is 16. The van der Waals surface area contributed by atoms with Gasteiger partial charge in [-0.1, -0.05) is 121 Å². The molecule has 0 fully saturated rings. The highest BCUT2D eigenvalue weighted by Crippen LogP contribution is 2.43. The minimum atomic E-state index is -4.75. The van der Waals surface area contributed by atoms with E-state index >= 15 is 0 Å². The van der Waals surface area contributed by atoms with Crippen molar-refractivity contribution in [2.24, 2.45) is 0 Å². The van der Waals surface area contributed by atoms with Gasteiger partial charge in [-0.3, -0.25) is 18.6 Å². The van der Waals surface area contributed by atoms with Crippen LogP contribution in [0.1, 0.15) is 162 Å². The van der Waals surface area contributed by atoms with Crippen LogP contribution < -0.4 is 5.32 Å². The quantitative estimate of drug-likeness (QED) is 0.0210. The lowest BCUT2D eigenvalue weighted by atomic mass is 10.1. The molecule has 0 radical (unpaired) electrons. The van der Waals surface area contributed by atoms with E-state index in [9.17, 15) is 34.1 Å². The summed E-state index contributed by atoms with van der Waals surface area (Å²) in [7, 11) is -4.75. The molecule has 0 aliphatic rings. The van der Waals surface area contributed by atoms with Crippen molar-refractivity contribution in [1.82, 2.24) is 5.32 Å². The van der Waals surface area contributed by atoms with Gasteiger partial charge in [0.2, 0.25) is 5.91 Å². The summed E-state index contributed by atoms with van der Waals surface area (Å²) in [4.78, 5) is 45.7. The Labute approximate surface area is 308 Å². The smallest absolute Gasteiger partial charge is 0.472 e. The van der Waals surface area contributed by atoms with Gasteiger partial charge in [0.05, 0.1) is 13.2 Å². The standard InChI is InChI=1S/C39H70NO10P/c1-3-5-7-9-11-13-15-16-17-18-19-21-22-24-26-28-30-37(42)40-36(39(44)45)34-50-51(46,47)49-33-35(41)32-48-38(43)31-29-27-25-23-20-14-12-10-8-6-4-2/h10,12-13,15,17-18,35-36,41H,3-9,11,14,16,19-34H2,1-2H3,(H,40,42)(H,44,45)(H,46,47)/b12-10-,15-13-,18-17-. The van der Waals surface area contributed by atoms with Gasteiger partial charge in [0.15, 0.2) is 6.04 Å². The molecule has 0 aliphatic carbocycles. The summed E-state index contributed by atoms with van der Waals surface area (Å²) in [6, 6.07) is -1.55. The molecule has 0 aromatic heterocycles. The number of amides is 1. The van der Waals surface area contributed by atoms with E-state index in [0.717, 1.165) is 83.5 Å². The zero-order chi connectivity index (χ0) is 37.8. The van der Waals surface area contributed by atoms with E-state index in [4.69, 9.17) is 13.8 Å². The molecule has 296 valence electrons. The van der Waals surface area contributed by atoms with Gasteiger partial charge in [-0.25, -0.2) is 9.36 Å². The van der Waals surface area contributed by atoms with Crippen LogP contribution >= 0.6 is 7.82 Å². The largest absolute Gasteiger partial charge is 0.480 e. The molecule has 11 nitrogen and oxygen atoms in total. The fraction of sp³-hybridized carbons (Fsp3) is 0.769. The van der Waals surface area contributed by atoms with Gasteiger partial charge in [-0.15, -0.1) is 0 Å². The number of aliphatic carboxylic acids is 1. The second-order valence-electron chi connectivity index (χ2n) is 13.1. The van der Waals surface area contributed by atoms with Crippen molar-refractivity contribution >= 4 is 25.7 Å². The van der Waals surface area contributed by atoms with Crippen LogP contribution in [0, 0.1) is 0 Å². The number of nitrogens with one attached hydrogen (secondary N) is 1. The minimum absolute atomic E-state index is 0.129. The Morgan fingerprint density at radius 3 is 1.67 bits per heavy atom. The second-order valence-corrected chi connectivity index (χ2v) is 14.6. The summed E-state index contributed by atoms with van der Waals surface area (Å²) in [6.07, 6.45) is 34.6. The highest BCUT2D eigenvalue weighted by Gasteiger charge is 2.28. The number of aliphatic hydroxyl groups excluding tert-OH is 1. The van der Waals surface area contributed by atoms with Crippen LogP contribution in [-0.2, 0) is 32.7 Å². The van der Waals surface area contributed by atoms with Crippen LogP contribution in [0.15, 0.2) is 36.5 Å². The maximum absolute atomic E-state index is 12.3. The Balaban J connectivity index is 4.00. The number of ether oxygens (including phenoxy) is 1. The molecular formula is C39H70NO10P. The molecule has 3 unspecified atom stereocenters. The molecule has 0 saturated heterocycles. The molecule has 12 heteroatoms. The van der Waals surface area contributed by atoms with Crippen molar-refractivity contribution < 1.29 is 47.8 Å². The van der Waals surface area contributed by atoms with Crippen molar-refractivity contribution in [2.75, 3.05) is 19.8 Å². The monoisotopic (exact) mass is 743 g/mol. The summed E-state index contributed by atoms with van der Waals surface area (Å²) in [5, 5.41) is 21.7. The third-order valence-electron chi connectivity index (χ3n) is 8.15. The summed E-state index contributed by atoms with van der Waals surface area (Å²) in [5.74, 6) is -2.41. The Morgan fingerprint density at radius 1 is 0.627 bits per heavy atom. The molecule has 0 heterocycles. The first-order valence-electron chi connectivity index (χ1n) is 19.5. The lowest BCUT2D eigenvalue weighted by molar-refractivity contribution is -0.147. The maximum Gasteiger partial charge on any atom is 0.472 e. The average Bonchev–Trinajstić information content (AvgIpc) is 3.10. The van der Waals surface area contributed by atoms with Crippen LogP contribution in [0.2, 0.25) is 0 Å². The minimum Gasteiger partial charge on any atom is -0.480 e. The zero-order valence-corrected chi connectivity index (χ0v) is 32.5. The predicted octanol–water partition coefficient (Wildman–Crippen LogP) is 9.27. The Kier molecular flexibility index (Phi) is 33.2. The molecule has 0 aromatic carbocycles. The van der Waals surface area contributed by atoms with Gasteiger partial charge in [0, 0.05) is 12.8 Å². The van der Waals surface area contributed by atoms with E-state index in [2.05, 4.69) is 55.6 Å². The number of phosphoric ester groups is 1. The molecule has 0 saturated carbocycles. The highest BCUT2D eigenvalue weighted by molar-refractivity contribution is 7.47. The molecule has 0 aliphatic heterocycles. The maximum atomic E-state index is 12.3. The van der Waals surface area contributed by atoms with Gasteiger partial charge in [-0.2, -0.15) is 0 Å². The average molecular weight is 744 g/mol. The number of hydrogen-bond acceptors (Lipinski definition) is 8. The number of carbonyl (C=O) groups is 3. The molecule has 4 N–H and O–H groups in total. The number of carboxylic acids is 1. The first kappa shape index (κ1) is 48.7. The van der Waals surface area contributed by atoms with Crippen LogP contribution in [0.5, 0.6) is 0 Å². The summed E-state index contributed by atoms with van der Waals surface area (Å²) in [6.45, 7) is 2.49. The first-order valence-corrected chi connectivity index (χ1v) is 21.0. The Bertz CT molecular complexity index is 1020. The van der Waals surface area contributed by atoms with Crippen molar-refractivity contribution in [3.63, 3.8) is 0 Å². The fourth-order valence-corrected chi connectivity index (χ4v) is 5.80. The normalized spacial score (nSPS) is 14.3. The molecule has 0 aromatic rings. The van der Waals surface area contributed by atoms with Crippen LogP contribution in [0.25, 0.3) is 0 Å². The number of esters is 1.